The molecule has 2 aliphatic rings. The first-order valence-corrected chi connectivity index (χ1v) is 16.3. The number of benzene rings is 3. The molecule has 2 fully saturated rings. The van der Waals surface area contributed by atoms with E-state index < -0.39 is 34.7 Å². The van der Waals surface area contributed by atoms with E-state index in [1.54, 1.807) is 25.1 Å². The molecule has 5 rings (SSSR count). The Labute approximate surface area is 265 Å². The summed E-state index contributed by atoms with van der Waals surface area (Å²) in [6, 6.07) is 23.8. The number of rotatable bonds is 12. The van der Waals surface area contributed by atoms with Gasteiger partial charge in [-0.3, -0.25) is 14.1 Å². The minimum atomic E-state index is -2.27. The first kappa shape index (κ1) is 31.7. The van der Waals surface area contributed by atoms with Gasteiger partial charge >= 0.3 is 5.97 Å². The van der Waals surface area contributed by atoms with E-state index in [0.717, 1.165) is 29.5 Å². The Morgan fingerprint density at radius 3 is 2.33 bits per heavy atom. The van der Waals surface area contributed by atoms with Crippen LogP contribution < -0.4 is 0 Å². The molecule has 3 aromatic carbocycles. The maximum absolute atomic E-state index is 14.6. The van der Waals surface area contributed by atoms with Crippen molar-refractivity contribution in [3.8, 4) is 0 Å². The Morgan fingerprint density at radius 2 is 1.72 bits per heavy atom. The van der Waals surface area contributed by atoms with Crippen LogP contribution in [-0.4, -0.2) is 54.1 Å². The van der Waals surface area contributed by atoms with Gasteiger partial charge in [-0.15, -0.1) is 0 Å². The van der Waals surface area contributed by atoms with Crippen LogP contribution in [0.4, 0.5) is 0 Å². The zero-order valence-electron chi connectivity index (χ0n) is 23.9. The number of halogens is 2. The molecule has 43 heavy (non-hydrogen) atoms. The lowest BCUT2D eigenvalue weighted by atomic mass is 9.67. The molecule has 0 radical (unpaired) electrons. The number of carboxylic acids is 1. The Hall–Kier alpha value is -2.75. The molecule has 1 heterocycles. The first-order valence-electron chi connectivity index (χ1n) is 14.5. The summed E-state index contributed by atoms with van der Waals surface area (Å²) in [5.74, 6) is -1.46. The second-order valence-corrected chi connectivity index (χ2v) is 13.8. The number of hydrogen-bond acceptors (Lipinski definition) is 3. The average molecular weight is 644 g/mol. The summed E-state index contributed by atoms with van der Waals surface area (Å²) >= 11 is 10.5. The topological polar surface area (TPSA) is 98.2 Å². The van der Waals surface area contributed by atoms with Gasteiger partial charge in [-0.2, -0.15) is 4.31 Å². The molecule has 10 heteroatoms. The van der Waals surface area contributed by atoms with Gasteiger partial charge in [-0.1, -0.05) is 84.7 Å². The molecule has 0 spiro atoms. The molecule has 2 N–H and O–H groups in total. The van der Waals surface area contributed by atoms with Crippen LogP contribution in [0.2, 0.25) is 10.0 Å². The van der Waals surface area contributed by atoms with Gasteiger partial charge in [0.05, 0.1) is 17.9 Å². The molecule has 228 valence electrons. The Morgan fingerprint density at radius 1 is 1.02 bits per heavy atom. The molecule has 5 atom stereocenters. The Balaban J connectivity index is 1.60. The molecule has 1 aliphatic carbocycles. The van der Waals surface area contributed by atoms with Crippen LogP contribution >= 0.6 is 23.2 Å². The van der Waals surface area contributed by atoms with Crippen LogP contribution in [0.3, 0.4) is 0 Å². The highest BCUT2D eigenvalue weighted by molar-refractivity contribution is 7.76. The monoisotopic (exact) mass is 642 g/mol. The lowest BCUT2D eigenvalue weighted by molar-refractivity contribution is -0.161. The summed E-state index contributed by atoms with van der Waals surface area (Å²) in [5, 5.41) is 11.0. The number of nitrogens with zero attached hydrogens (tertiary/aromatic N) is 2. The molecule has 1 unspecified atom stereocenters. The van der Waals surface area contributed by atoms with Crippen LogP contribution in [0.25, 0.3) is 0 Å². The summed E-state index contributed by atoms with van der Waals surface area (Å²) in [6.07, 6.45) is 2.31. The number of carbonyl (C=O) groups excluding carboxylic acids is 1. The second kappa shape index (κ2) is 13.5. The highest BCUT2D eigenvalue weighted by atomic mass is 35.5. The fourth-order valence-corrected chi connectivity index (χ4v) is 7.38. The van der Waals surface area contributed by atoms with Crippen molar-refractivity contribution in [3.63, 3.8) is 0 Å². The third kappa shape index (κ3) is 7.49. The highest BCUT2D eigenvalue weighted by Crippen LogP contribution is 2.54. The lowest BCUT2D eigenvalue weighted by Crippen LogP contribution is -2.59. The van der Waals surface area contributed by atoms with E-state index in [2.05, 4.69) is 0 Å². The van der Waals surface area contributed by atoms with Gasteiger partial charge in [-0.05, 0) is 72.6 Å². The summed E-state index contributed by atoms with van der Waals surface area (Å²) in [7, 11) is 0. The minimum absolute atomic E-state index is 0.119. The first-order chi connectivity index (χ1) is 20.6. The Kier molecular flexibility index (Phi) is 9.93. The molecule has 7 nitrogen and oxygen atoms in total. The van der Waals surface area contributed by atoms with Crippen molar-refractivity contribution in [3.05, 3.63) is 106 Å². The van der Waals surface area contributed by atoms with E-state index in [9.17, 15) is 23.5 Å². The van der Waals surface area contributed by atoms with Gasteiger partial charge in [0.1, 0.15) is 0 Å². The normalized spacial score (nSPS) is 23.7. The summed E-state index contributed by atoms with van der Waals surface area (Å²) in [4.78, 5) is 28.6. The van der Waals surface area contributed by atoms with Gasteiger partial charge in [0.15, 0.2) is 0 Å². The molecule has 1 saturated carbocycles. The second-order valence-electron chi connectivity index (χ2n) is 12.0. The van der Waals surface area contributed by atoms with Crippen LogP contribution in [0.1, 0.15) is 61.3 Å². The van der Waals surface area contributed by atoms with Crippen LogP contribution in [0, 0.1) is 11.3 Å². The van der Waals surface area contributed by atoms with E-state index in [1.165, 1.54) is 4.31 Å². The fourth-order valence-electron chi connectivity index (χ4n) is 6.53. The molecule has 1 aliphatic heterocycles. The molecule has 0 aromatic heterocycles. The van der Waals surface area contributed by atoms with Crippen LogP contribution in [-0.2, 0) is 27.3 Å². The smallest absolute Gasteiger partial charge is 0.304 e. The van der Waals surface area contributed by atoms with Gasteiger partial charge in [-0.25, -0.2) is 4.21 Å². The van der Waals surface area contributed by atoms with Crippen LogP contribution in [0.5, 0.6) is 0 Å². The van der Waals surface area contributed by atoms with Crippen molar-refractivity contribution in [1.82, 2.24) is 9.21 Å². The molecule has 0 bridgehead atoms. The van der Waals surface area contributed by atoms with Gasteiger partial charge in [0.2, 0.25) is 17.2 Å². The minimum Gasteiger partial charge on any atom is -0.481 e. The number of piperidine rings is 1. The Bertz CT molecular complexity index is 1470. The summed E-state index contributed by atoms with van der Waals surface area (Å²) in [6.45, 7) is 2.24. The van der Waals surface area contributed by atoms with Crippen molar-refractivity contribution in [1.29, 1.82) is 0 Å². The third-order valence-corrected chi connectivity index (χ3v) is 10.0. The van der Waals surface area contributed by atoms with Crippen molar-refractivity contribution < 1.29 is 23.5 Å². The largest absolute Gasteiger partial charge is 0.481 e. The zero-order valence-corrected chi connectivity index (χ0v) is 26.3. The van der Waals surface area contributed by atoms with E-state index in [-0.39, 0.29) is 30.7 Å². The van der Waals surface area contributed by atoms with Crippen molar-refractivity contribution in [2.75, 3.05) is 13.1 Å². The van der Waals surface area contributed by atoms with E-state index in [1.807, 2.05) is 65.6 Å². The number of likely N-dealkylation sites (tertiary alicyclic amines) is 1. The predicted molar refractivity (Wildman–Crippen MR) is 169 cm³/mol. The van der Waals surface area contributed by atoms with E-state index >= 15 is 0 Å². The van der Waals surface area contributed by atoms with Gasteiger partial charge in [0, 0.05) is 35.1 Å². The molecular formula is C33H36Cl2N2O5S. The maximum atomic E-state index is 14.6. The van der Waals surface area contributed by atoms with Gasteiger partial charge in [0.25, 0.3) is 0 Å². The molecule has 1 saturated heterocycles. The van der Waals surface area contributed by atoms with Crippen molar-refractivity contribution in [2.24, 2.45) is 11.3 Å². The standard InChI is InChI=1S/C33H36Cl2N2O5S/c1-33(20-30(38)39)19-28(25-8-5-9-27(35)18-25)31(24-12-14-26(34)15-13-24)37(32(33)40)29(23-10-11-23)21-36(43(41)42)17-16-22-6-3-2-4-7-22/h2-9,12-15,18,23,28-29,31H,10-11,16-17,19-21H2,1H3,(H,38,39)(H,41,42)/t28-,29-,31-,33-/m1/s1. The average Bonchev–Trinajstić information content (AvgIpc) is 3.81. The number of aliphatic carboxylic acids is 1. The van der Waals surface area contributed by atoms with E-state index in [0.29, 0.717) is 29.4 Å². The molecular weight excluding hydrogens is 607 g/mol. The third-order valence-electron chi connectivity index (χ3n) is 8.76. The number of carbonyl (C=O) groups is 2. The highest BCUT2D eigenvalue weighted by Gasteiger charge is 2.54. The maximum Gasteiger partial charge on any atom is 0.304 e. The number of hydrogen-bond donors (Lipinski definition) is 2. The lowest BCUT2D eigenvalue weighted by Gasteiger charge is -2.52. The zero-order chi connectivity index (χ0) is 30.7. The van der Waals surface area contributed by atoms with E-state index in [4.69, 9.17) is 23.2 Å². The fraction of sp³-hybridized carbons (Fsp3) is 0.394. The number of amides is 1. The number of carboxylic acid groups (broad SMARTS) is 1. The van der Waals surface area contributed by atoms with Gasteiger partial charge < -0.3 is 10.0 Å². The molecule has 1 amide bonds. The van der Waals surface area contributed by atoms with Crippen molar-refractivity contribution >= 4 is 46.3 Å². The summed E-state index contributed by atoms with van der Waals surface area (Å²) in [5.41, 5.74) is 1.63. The SMILES string of the molecule is C[C@]1(CC(=O)O)C[C@H](c2cccc(Cl)c2)[C@@H](c2ccc(Cl)cc2)N([C@H](CN(CCc2ccccc2)S(=O)O)C2CC2)C1=O. The predicted octanol–water partition coefficient (Wildman–Crippen LogP) is 6.99. The van der Waals surface area contributed by atoms with Crippen molar-refractivity contribution in [2.45, 2.75) is 57.0 Å². The summed E-state index contributed by atoms with van der Waals surface area (Å²) < 4.78 is 24.6. The van der Waals surface area contributed by atoms with Crippen LogP contribution in [0.15, 0.2) is 78.9 Å². The quantitative estimate of drug-likeness (QED) is 0.207. The molecule has 3 aromatic rings.